The van der Waals surface area contributed by atoms with Gasteiger partial charge in [0.1, 0.15) is 0 Å². The van der Waals surface area contributed by atoms with Gasteiger partial charge in [-0.1, -0.05) is 6.07 Å². The van der Waals surface area contributed by atoms with Crippen LogP contribution < -0.4 is 10.5 Å². The Labute approximate surface area is 81.5 Å². The van der Waals surface area contributed by atoms with Crippen molar-refractivity contribution in [1.29, 1.82) is 0 Å². The van der Waals surface area contributed by atoms with Gasteiger partial charge in [-0.3, -0.25) is 4.79 Å². The van der Waals surface area contributed by atoms with Crippen LogP contribution >= 0.6 is 0 Å². The van der Waals surface area contributed by atoms with Crippen molar-refractivity contribution in [3.8, 4) is 5.88 Å². The molecule has 0 unspecified atom stereocenters. The Kier molecular flexibility index (Phi) is 3.41. The van der Waals surface area contributed by atoms with Crippen LogP contribution in [-0.4, -0.2) is 23.2 Å². The summed E-state index contributed by atoms with van der Waals surface area (Å²) in [6.07, 6.45) is -0.139. The molecule has 0 fully saturated rings. The van der Waals surface area contributed by atoms with Crippen LogP contribution in [0.3, 0.4) is 0 Å². The molecule has 0 aromatic carbocycles. The number of carboxylic acid groups (broad SMARTS) is 1. The molecule has 0 amide bonds. The molecule has 1 atom stereocenters. The molecule has 0 spiro atoms. The summed E-state index contributed by atoms with van der Waals surface area (Å²) in [6, 6.07) is 4.48. The van der Waals surface area contributed by atoms with Crippen LogP contribution in [-0.2, 0) is 4.79 Å². The highest BCUT2D eigenvalue weighted by Gasteiger charge is 2.12. The first kappa shape index (κ1) is 10.5. The Hall–Kier alpha value is -1.62. The monoisotopic (exact) mass is 196 g/mol. The number of hydrogen-bond donors (Lipinski definition) is 2. The fraction of sp³-hybridized carbons (Fsp3) is 0.333. The van der Waals surface area contributed by atoms with E-state index in [1.54, 1.807) is 18.2 Å². The van der Waals surface area contributed by atoms with Crippen LogP contribution in [0.15, 0.2) is 18.2 Å². The smallest absolute Gasteiger partial charge is 0.305 e. The van der Waals surface area contributed by atoms with Gasteiger partial charge in [0, 0.05) is 6.07 Å². The molecule has 14 heavy (non-hydrogen) atoms. The maximum Gasteiger partial charge on any atom is 0.305 e. The second-order valence-electron chi connectivity index (χ2n) is 2.81. The number of nitrogens with zero attached hydrogens (tertiary/aromatic N) is 1. The van der Waals surface area contributed by atoms with E-state index in [-0.39, 0.29) is 6.42 Å². The van der Waals surface area contributed by atoms with Crippen LogP contribution in [0.1, 0.15) is 18.2 Å². The lowest BCUT2D eigenvalue weighted by molar-refractivity contribution is -0.137. The summed E-state index contributed by atoms with van der Waals surface area (Å²) >= 11 is 0. The Morgan fingerprint density at radius 1 is 1.71 bits per heavy atom. The summed E-state index contributed by atoms with van der Waals surface area (Å²) in [7, 11) is 1.49. The molecule has 1 rings (SSSR count). The van der Waals surface area contributed by atoms with Gasteiger partial charge in [-0.25, -0.2) is 4.98 Å². The highest BCUT2D eigenvalue weighted by atomic mass is 16.5. The van der Waals surface area contributed by atoms with Crippen molar-refractivity contribution in [2.45, 2.75) is 12.5 Å². The number of aromatic nitrogens is 1. The zero-order chi connectivity index (χ0) is 10.6. The van der Waals surface area contributed by atoms with E-state index in [1.807, 2.05) is 0 Å². The van der Waals surface area contributed by atoms with E-state index in [1.165, 1.54) is 7.11 Å². The molecule has 0 radical (unpaired) electrons. The van der Waals surface area contributed by atoms with Gasteiger partial charge in [-0.05, 0) is 6.07 Å². The minimum absolute atomic E-state index is 0.139. The van der Waals surface area contributed by atoms with Crippen LogP contribution in [0.25, 0.3) is 0 Å². The summed E-state index contributed by atoms with van der Waals surface area (Å²) in [5.74, 6) is -0.509. The number of methoxy groups -OCH3 is 1. The summed E-state index contributed by atoms with van der Waals surface area (Å²) in [6.45, 7) is 0. The number of hydrogen-bond acceptors (Lipinski definition) is 4. The van der Waals surface area contributed by atoms with E-state index >= 15 is 0 Å². The van der Waals surface area contributed by atoms with Crippen molar-refractivity contribution in [1.82, 2.24) is 4.98 Å². The molecule has 0 saturated heterocycles. The number of rotatable bonds is 4. The zero-order valence-corrected chi connectivity index (χ0v) is 7.80. The van der Waals surface area contributed by atoms with E-state index in [4.69, 9.17) is 15.6 Å². The lowest BCUT2D eigenvalue weighted by atomic mass is 10.1. The first-order valence-corrected chi connectivity index (χ1v) is 4.12. The van der Waals surface area contributed by atoms with Crippen molar-refractivity contribution >= 4 is 5.97 Å². The maximum atomic E-state index is 10.4. The summed E-state index contributed by atoms with van der Waals surface area (Å²) in [5, 5.41) is 8.53. The van der Waals surface area contributed by atoms with Crippen molar-refractivity contribution in [2.75, 3.05) is 7.11 Å². The molecule has 1 aromatic heterocycles. The molecule has 0 aliphatic rings. The van der Waals surface area contributed by atoms with Gasteiger partial charge in [-0.2, -0.15) is 0 Å². The number of ether oxygens (including phenoxy) is 1. The third kappa shape index (κ3) is 2.70. The van der Waals surface area contributed by atoms with E-state index in [0.29, 0.717) is 11.6 Å². The minimum Gasteiger partial charge on any atom is -0.481 e. The summed E-state index contributed by atoms with van der Waals surface area (Å²) in [5.41, 5.74) is 6.14. The average Bonchev–Trinajstić information content (AvgIpc) is 2.17. The number of carboxylic acids is 1. The van der Waals surface area contributed by atoms with Gasteiger partial charge in [0.05, 0.1) is 25.3 Å². The fourth-order valence-electron chi connectivity index (χ4n) is 1.04. The molecule has 0 aliphatic carbocycles. The second kappa shape index (κ2) is 4.57. The van der Waals surface area contributed by atoms with Crippen molar-refractivity contribution in [3.63, 3.8) is 0 Å². The highest BCUT2D eigenvalue weighted by Crippen LogP contribution is 2.14. The minimum atomic E-state index is -0.942. The van der Waals surface area contributed by atoms with Crippen LogP contribution in [0.2, 0.25) is 0 Å². The van der Waals surface area contributed by atoms with Crippen molar-refractivity contribution < 1.29 is 14.6 Å². The molecule has 5 nitrogen and oxygen atoms in total. The van der Waals surface area contributed by atoms with E-state index < -0.39 is 12.0 Å². The Bertz CT molecular complexity index is 328. The first-order valence-electron chi connectivity index (χ1n) is 4.12. The van der Waals surface area contributed by atoms with Gasteiger partial charge in [-0.15, -0.1) is 0 Å². The third-order valence-corrected chi connectivity index (χ3v) is 1.73. The molecular formula is C9H12N2O3. The predicted molar refractivity (Wildman–Crippen MR) is 50.0 cm³/mol. The topological polar surface area (TPSA) is 85.4 Å². The van der Waals surface area contributed by atoms with Gasteiger partial charge in [0.15, 0.2) is 0 Å². The Morgan fingerprint density at radius 3 is 3.00 bits per heavy atom. The molecule has 0 bridgehead atoms. The van der Waals surface area contributed by atoms with E-state index in [0.717, 1.165) is 0 Å². The van der Waals surface area contributed by atoms with Crippen molar-refractivity contribution in [2.24, 2.45) is 5.73 Å². The maximum absolute atomic E-state index is 10.4. The number of carbonyl (C=O) groups is 1. The van der Waals surface area contributed by atoms with Crippen LogP contribution in [0.5, 0.6) is 5.88 Å². The van der Waals surface area contributed by atoms with E-state index in [9.17, 15) is 4.79 Å². The largest absolute Gasteiger partial charge is 0.481 e. The number of pyridine rings is 1. The molecule has 3 N–H and O–H groups in total. The molecule has 1 aromatic rings. The SMILES string of the molecule is COc1cccc([C@@H](N)CC(=O)O)n1. The highest BCUT2D eigenvalue weighted by molar-refractivity contribution is 5.67. The molecule has 0 saturated carbocycles. The Morgan fingerprint density at radius 2 is 2.43 bits per heavy atom. The quantitative estimate of drug-likeness (QED) is 0.735. The van der Waals surface area contributed by atoms with Crippen LogP contribution in [0, 0.1) is 0 Å². The molecular weight excluding hydrogens is 184 g/mol. The van der Waals surface area contributed by atoms with Gasteiger partial charge in [0.25, 0.3) is 0 Å². The zero-order valence-electron chi connectivity index (χ0n) is 7.80. The summed E-state index contributed by atoms with van der Waals surface area (Å²) in [4.78, 5) is 14.4. The normalized spacial score (nSPS) is 12.1. The average molecular weight is 196 g/mol. The first-order chi connectivity index (χ1) is 6.63. The molecule has 0 aliphatic heterocycles. The summed E-state index contributed by atoms with van der Waals surface area (Å²) < 4.78 is 4.90. The standard InChI is InChI=1S/C9H12N2O3/c1-14-8-4-2-3-7(11-8)6(10)5-9(12)13/h2-4,6H,5,10H2,1H3,(H,12,13)/t6-/m0/s1. The van der Waals surface area contributed by atoms with Crippen molar-refractivity contribution in [3.05, 3.63) is 23.9 Å². The van der Waals surface area contributed by atoms with Gasteiger partial charge in [0.2, 0.25) is 5.88 Å². The fourth-order valence-corrected chi connectivity index (χ4v) is 1.04. The molecule has 5 heteroatoms. The predicted octanol–water partition coefficient (Wildman–Crippen LogP) is 0.565. The molecule has 76 valence electrons. The third-order valence-electron chi connectivity index (χ3n) is 1.73. The van der Waals surface area contributed by atoms with Gasteiger partial charge < -0.3 is 15.6 Å². The second-order valence-corrected chi connectivity index (χ2v) is 2.81. The number of aliphatic carboxylic acids is 1. The number of nitrogens with two attached hydrogens (primary N) is 1. The Balaban J connectivity index is 2.78. The lowest BCUT2D eigenvalue weighted by Crippen LogP contribution is -2.16. The van der Waals surface area contributed by atoms with Crippen LogP contribution in [0.4, 0.5) is 0 Å². The lowest BCUT2D eigenvalue weighted by Gasteiger charge is -2.08. The molecule has 1 heterocycles. The van der Waals surface area contributed by atoms with E-state index in [2.05, 4.69) is 4.98 Å². The van der Waals surface area contributed by atoms with Gasteiger partial charge >= 0.3 is 5.97 Å².